The first-order chi connectivity index (χ1) is 10.1. The Hall–Kier alpha value is -2.10. The fourth-order valence-corrected chi connectivity index (χ4v) is 2.62. The van der Waals surface area contributed by atoms with Crippen LogP contribution in [0.2, 0.25) is 5.02 Å². The van der Waals surface area contributed by atoms with E-state index in [1.807, 2.05) is 0 Å². The molecule has 1 unspecified atom stereocenters. The van der Waals surface area contributed by atoms with E-state index in [0.29, 0.717) is 27.4 Å². The molecular formula is C11H9ClN6O2S. The van der Waals surface area contributed by atoms with Crippen LogP contribution in [0.4, 0.5) is 0 Å². The minimum Gasteiger partial charge on any atom is -0.480 e. The number of nitrogens with two attached hydrogens (primary N) is 1. The summed E-state index contributed by atoms with van der Waals surface area (Å²) in [6.07, 6.45) is 1.67. The Morgan fingerprint density at radius 2 is 2.29 bits per heavy atom. The van der Waals surface area contributed by atoms with Gasteiger partial charge in [-0.25, -0.2) is 4.68 Å². The van der Waals surface area contributed by atoms with Gasteiger partial charge in [0.15, 0.2) is 0 Å². The van der Waals surface area contributed by atoms with Crippen LogP contribution in [0.5, 0.6) is 0 Å². The van der Waals surface area contributed by atoms with Crippen molar-refractivity contribution in [1.82, 2.24) is 23.7 Å². The number of aromatic nitrogens is 5. The quantitative estimate of drug-likeness (QED) is 0.730. The Kier molecular flexibility index (Phi) is 3.53. The Morgan fingerprint density at radius 3 is 3.05 bits per heavy atom. The minimum atomic E-state index is -1.09. The van der Waals surface area contributed by atoms with Crippen molar-refractivity contribution in [2.24, 2.45) is 5.73 Å². The molecule has 0 saturated carbocycles. The highest BCUT2D eigenvalue weighted by atomic mass is 35.5. The van der Waals surface area contributed by atoms with Crippen LogP contribution in [0.15, 0.2) is 18.3 Å². The van der Waals surface area contributed by atoms with E-state index in [4.69, 9.17) is 22.4 Å². The summed E-state index contributed by atoms with van der Waals surface area (Å²) in [6, 6.07) is 2.44. The number of halogens is 1. The molecule has 8 nitrogen and oxygen atoms in total. The highest BCUT2D eigenvalue weighted by molar-refractivity contribution is 7.00. The van der Waals surface area contributed by atoms with Crippen molar-refractivity contribution in [3.63, 3.8) is 0 Å². The average Bonchev–Trinajstić information content (AvgIpc) is 3.07. The lowest BCUT2D eigenvalue weighted by Crippen LogP contribution is -2.32. The Bertz CT molecular complexity index is 816. The van der Waals surface area contributed by atoms with Crippen molar-refractivity contribution in [2.75, 3.05) is 0 Å². The molecule has 0 spiro atoms. The molecule has 1 aromatic carbocycles. The molecule has 108 valence electrons. The van der Waals surface area contributed by atoms with Crippen LogP contribution in [0.25, 0.3) is 16.7 Å². The van der Waals surface area contributed by atoms with E-state index >= 15 is 0 Å². The van der Waals surface area contributed by atoms with E-state index in [0.717, 1.165) is 11.7 Å². The number of hydrogen-bond donors (Lipinski definition) is 2. The predicted molar refractivity (Wildman–Crippen MR) is 76.7 cm³/mol. The first-order valence-electron chi connectivity index (χ1n) is 5.87. The minimum absolute atomic E-state index is 0.0816. The summed E-state index contributed by atoms with van der Waals surface area (Å²) in [7, 11) is 0. The zero-order valence-corrected chi connectivity index (χ0v) is 12.0. The van der Waals surface area contributed by atoms with E-state index in [-0.39, 0.29) is 6.42 Å². The molecule has 0 aliphatic carbocycles. The third-order valence-electron chi connectivity index (χ3n) is 2.87. The summed E-state index contributed by atoms with van der Waals surface area (Å²) < 4.78 is 9.78. The SMILES string of the molecule is NC(Cc1cn(-c2c(Cl)ccc3nsnc23)nn1)C(=O)O. The summed E-state index contributed by atoms with van der Waals surface area (Å²) in [5.41, 5.74) is 7.82. The fraction of sp³-hybridized carbons (Fsp3) is 0.182. The standard InChI is InChI=1S/C11H9ClN6O2S/c12-6-1-2-8-9(16-21-15-8)10(6)18-4-5(14-17-18)3-7(13)11(19)20/h1-2,4,7H,3,13H2,(H,19,20). The lowest BCUT2D eigenvalue weighted by atomic mass is 10.2. The van der Waals surface area contributed by atoms with Crippen LogP contribution < -0.4 is 5.73 Å². The van der Waals surface area contributed by atoms with Crippen LogP contribution in [-0.2, 0) is 11.2 Å². The van der Waals surface area contributed by atoms with Gasteiger partial charge in [0.2, 0.25) is 0 Å². The summed E-state index contributed by atoms with van der Waals surface area (Å²) in [5, 5.41) is 17.1. The number of carboxylic acid groups (broad SMARTS) is 1. The number of nitrogens with zero attached hydrogens (tertiary/aromatic N) is 5. The molecule has 3 N–H and O–H groups in total. The van der Waals surface area contributed by atoms with E-state index < -0.39 is 12.0 Å². The van der Waals surface area contributed by atoms with Gasteiger partial charge < -0.3 is 10.8 Å². The molecule has 3 aromatic rings. The van der Waals surface area contributed by atoms with Gasteiger partial charge in [0, 0.05) is 6.42 Å². The third-order valence-corrected chi connectivity index (χ3v) is 3.72. The summed E-state index contributed by atoms with van der Waals surface area (Å²) in [4.78, 5) is 10.8. The summed E-state index contributed by atoms with van der Waals surface area (Å²) in [5.74, 6) is -1.09. The van der Waals surface area contributed by atoms with Gasteiger partial charge in [-0.3, -0.25) is 4.79 Å². The van der Waals surface area contributed by atoms with Crippen LogP contribution in [0.3, 0.4) is 0 Å². The molecule has 0 aliphatic heterocycles. The number of fused-ring (bicyclic) bond motifs is 1. The van der Waals surface area contributed by atoms with Gasteiger partial charge in [0.1, 0.15) is 22.8 Å². The van der Waals surface area contributed by atoms with Gasteiger partial charge in [0.25, 0.3) is 0 Å². The smallest absolute Gasteiger partial charge is 0.320 e. The largest absolute Gasteiger partial charge is 0.480 e. The second-order valence-corrected chi connectivity index (χ2v) is 5.27. The molecule has 21 heavy (non-hydrogen) atoms. The van der Waals surface area contributed by atoms with Crippen molar-refractivity contribution in [2.45, 2.75) is 12.5 Å². The van der Waals surface area contributed by atoms with Crippen LogP contribution in [0.1, 0.15) is 5.69 Å². The van der Waals surface area contributed by atoms with Gasteiger partial charge in [-0.1, -0.05) is 16.8 Å². The molecule has 0 saturated heterocycles. The normalized spacial score (nSPS) is 12.7. The zero-order chi connectivity index (χ0) is 15.0. The lowest BCUT2D eigenvalue weighted by molar-refractivity contribution is -0.138. The predicted octanol–water partition coefficient (Wildman–Crippen LogP) is 0.880. The van der Waals surface area contributed by atoms with Crippen LogP contribution in [0, 0.1) is 0 Å². The average molecular weight is 325 g/mol. The number of benzene rings is 1. The Morgan fingerprint density at radius 1 is 1.48 bits per heavy atom. The maximum atomic E-state index is 10.8. The molecule has 1 atom stereocenters. The topological polar surface area (TPSA) is 120 Å². The Balaban J connectivity index is 2.00. The van der Waals surface area contributed by atoms with Gasteiger partial charge in [-0.15, -0.1) is 5.10 Å². The second-order valence-electron chi connectivity index (χ2n) is 4.33. The number of hydrogen-bond acceptors (Lipinski definition) is 7. The maximum Gasteiger partial charge on any atom is 0.320 e. The lowest BCUT2D eigenvalue weighted by Gasteiger charge is -2.03. The van der Waals surface area contributed by atoms with Crippen molar-refractivity contribution in [3.8, 4) is 5.69 Å². The molecule has 0 fully saturated rings. The van der Waals surface area contributed by atoms with E-state index in [2.05, 4.69) is 19.1 Å². The van der Waals surface area contributed by atoms with Crippen molar-refractivity contribution in [1.29, 1.82) is 0 Å². The van der Waals surface area contributed by atoms with E-state index in [1.165, 1.54) is 4.68 Å². The maximum absolute atomic E-state index is 10.8. The fourth-order valence-electron chi connectivity index (χ4n) is 1.85. The van der Waals surface area contributed by atoms with Crippen molar-refractivity contribution in [3.05, 3.63) is 29.0 Å². The summed E-state index contributed by atoms with van der Waals surface area (Å²) >= 11 is 7.26. The van der Waals surface area contributed by atoms with Gasteiger partial charge in [-0.05, 0) is 12.1 Å². The number of carbonyl (C=O) groups is 1. The number of carboxylic acids is 1. The molecular weight excluding hydrogens is 316 g/mol. The molecule has 2 heterocycles. The third kappa shape index (κ3) is 2.58. The highest BCUT2D eigenvalue weighted by Crippen LogP contribution is 2.27. The first-order valence-corrected chi connectivity index (χ1v) is 6.98. The highest BCUT2D eigenvalue weighted by Gasteiger charge is 2.17. The Labute approximate surface area is 127 Å². The molecule has 3 rings (SSSR count). The van der Waals surface area contributed by atoms with Crippen molar-refractivity contribution >= 4 is 40.3 Å². The van der Waals surface area contributed by atoms with Gasteiger partial charge in [0.05, 0.1) is 28.6 Å². The molecule has 0 aliphatic rings. The molecule has 2 aromatic heterocycles. The molecule has 10 heteroatoms. The molecule has 0 amide bonds. The number of aliphatic carboxylic acids is 1. The van der Waals surface area contributed by atoms with Crippen LogP contribution >= 0.6 is 23.3 Å². The van der Waals surface area contributed by atoms with E-state index in [1.54, 1.807) is 18.3 Å². The first kappa shape index (κ1) is 13.9. The van der Waals surface area contributed by atoms with Crippen LogP contribution in [-0.4, -0.2) is 40.9 Å². The zero-order valence-electron chi connectivity index (χ0n) is 10.5. The molecule has 0 radical (unpaired) electrons. The van der Waals surface area contributed by atoms with Gasteiger partial charge in [-0.2, -0.15) is 8.75 Å². The van der Waals surface area contributed by atoms with Gasteiger partial charge >= 0.3 is 5.97 Å². The van der Waals surface area contributed by atoms with Crippen molar-refractivity contribution < 1.29 is 9.90 Å². The summed E-state index contributed by atoms with van der Waals surface area (Å²) in [6.45, 7) is 0. The monoisotopic (exact) mass is 324 g/mol. The molecule has 0 bridgehead atoms. The second kappa shape index (κ2) is 5.35. The number of rotatable bonds is 4. The van der Waals surface area contributed by atoms with E-state index in [9.17, 15) is 4.79 Å².